The Hall–Kier alpha value is -1.88. The number of carbonyl (C=O) groups is 1. The van der Waals surface area contributed by atoms with Crippen LogP contribution in [0.25, 0.3) is 10.8 Å². The van der Waals surface area contributed by atoms with Gasteiger partial charge in [-0.25, -0.2) is 4.79 Å². The maximum atomic E-state index is 11.5. The molecule has 4 nitrogen and oxygen atoms in total. The highest BCUT2D eigenvalue weighted by molar-refractivity contribution is 7.68. The molecule has 5 heteroatoms. The molecule has 82 valence electrons. The maximum absolute atomic E-state index is 11.5. The number of hydrogen-bond acceptors (Lipinski definition) is 5. The number of benzene rings is 2. The van der Waals surface area contributed by atoms with Gasteiger partial charge in [0.15, 0.2) is 0 Å². The van der Waals surface area contributed by atoms with Crippen molar-refractivity contribution in [2.24, 2.45) is 0 Å². The molecule has 1 N–H and O–H groups in total. The van der Waals surface area contributed by atoms with E-state index >= 15 is 0 Å². The van der Waals surface area contributed by atoms with Crippen LogP contribution in [0.3, 0.4) is 0 Å². The zero-order chi connectivity index (χ0) is 11.5. The lowest BCUT2D eigenvalue weighted by atomic mass is 10.1. The minimum Gasteiger partial charge on any atom is -0.516 e. The van der Waals surface area contributed by atoms with E-state index in [4.69, 9.17) is 4.78 Å². The average molecular weight is 234 g/mol. The van der Waals surface area contributed by atoms with Gasteiger partial charge in [-0.05, 0) is 27.7 Å². The van der Waals surface area contributed by atoms with Crippen LogP contribution >= 0.6 is 0 Å². The summed E-state index contributed by atoms with van der Waals surface area (Å²) in [5.74, 6) is -0.745. The van der Waals surface area contributed by atoms with E-state index in [0.29, 0.717) is 5.56 Å². The van der Waals surface area contributed by atoms with Crippen LogP contribution in [-0.2, 0) is 19.3 Å². The molecule has 0 saturated heterocycles. The summed E-state index contributed by atoms with van der Waals surface area (Å²) in [7, 11) is -2.34. The summed E-state index contributed by atoms with van der Waals surface area (Å²) < 4.78 is 21.5. The van der Waals surface area contributed by atoms with Crippen molar-refractivity contribution >= 4 is 27.6 Å². The molecule has 0 atom stereocenters. The molecular formula is C11H8NO3S-. The second-order valence-corrected chi connectivity index (χ2v) is 3.77. The standard InChI is InChI=1S/C11H8NO3S/c12-16(14)15-11(13)10-7-3-5-8-4-1-2-6-9(8)10/h1-7,12H/q-1. The fourth-order valence-corrected chi connectivity index (χ4v) is 1.74. The van der Waals surface area contributed by atoms with Gasteiger partial charge in [0, 0.05) is 0 Å². The summed E-state index contributed by atoms with van der Waals surface area (Å²) in [5.41, 5.74) is 0.318. The van der Waals surface area contributed by atoms with Gasteiger partial charge < -0.3 is 13.2 Å². The van der Waals surface area contributed by atoms with Gasteiger partial charge in [0.1, 0.15) is 0 Å². The fourth-order valence-electron chi connectivity index (χ4n) is 1.52. The van der Waals surface area contributed by atoms with Crippen molar-refractivity contribution in [2.45, 2.75) is 0 Å². The predicted octanol–water partition coefficient (Wildman–Crippen LogP) is 2.64. The van der Waals surface area contributed by atoms with Crippen molar-refractivity contribution in [1.29, 1.82) is 4.78 Å². The number of rotatable bonds is 2. The molecule has 2 rings (SSSR count). The quantitative estimate of drug-likeness (QED) is 0.812. The number of nitrogens with one attached hydrogen (secondary N) is 1. The predicted molar refractivity (Wildman–Crippen MR) is 60.1 cm³/mol. The van der Waals surface area contributed by atoms with Crippen LogP contribution in [0.4, 0.5) is 0 Å². The molecule has 0 spiro atoms. The normalized spacial score (nSPS) is 10.6. The van der Waals surface area contributed by atoms with Crippen LogP contribution in [0, 0.1) is 4.78 Å². The van der Waals surface area contributed by atoms with Crippen molar-refractivity contribution in [3.05, 3.63) is 48.0 Å². The van der Waals surface area contributed by atoms with Gasteiger partial charge in [0.2, 0.25) is 0 Å². The Kier molecular flexibility index (Phi) is 2.87. The second kappa shape index (κ2) is 4.32. The molecule has 0 unspecified atom stereocenters. The van der Waals surface area contributed by atoms with E-state index in [1.54, 1.807) is 24.3 Å². The van der Waals surface area contributed by atoms with Crippen molar-refractivity contribution in [2.75, 3.05) is 0 Å². The second-order valence-electron chi connectivity index (χ2n) is 3.13. The third-order valence-electron chi connectivity index (χ3n) is 2.16. The molecule has 2 aromatic rings. The molecule has 2 aromatic carbocycles. The first-order valence-electron chi connectivity index (χ1n) is 4.52. The van der Waals surface area contributed by atoms with Crippen molar-refractivity contribution in [3.63, 3.8) is 0 Å². The lowest BCUT2D eigenvalue weighted by Crippen LogP contribution is -2.03. The van der Waals surface area contributed by atoms with Crippen LogP contribution in [0.5, 0.6) is 0 Å². The molecule has 0 amide bonds. The van der Waals surface area contributed by atoms with Gasteiger partial charge in [-0.2, -0.15) is 0 Å². The van der Waals surface area contributed by atoms with E-state index in [2.05, 4.69) is 4.18 Å². The van der Waals surface area contributed by atoms with Gasteiger partial charge in [0.05, 0.1) is 5.56 Å². The average Bonchev–Trinajstić information content (AvgIpc) is 2.27. The molecule has 0 aliphatic carbocycles. The first-order valence-corrected chi connectivity index (χ1v) is 5.59. The first kappa shape index (κ1) is 10.6. The Morgan fingerprint density at radius 1 is 1.12 bits per heavy atom. The van der Waals surface area contributed by atoms with Crippen molar-refractivity contribution in [1.82, 2.24) is 0 Å². The zero-order valence-corrected chi connectivity index (χ0v) is 8.99. The molecule has 0 aliphatic heterocycles. The van der Waals surface area contributed by atoms with Crippen molar-refractivity contribution in [3.8, 4) is 0 Å². The Bertz CT molecular complexity index is 606. The summed E-state index contributed by atoms with van der Waals surface area (Å²) in [6.07, 6.45) is 0. The van der Waals surface area contributed by atoms with Gasteiger partial charge in [-0.15, -0.1) is 0 Å². The van der Waals surface area contributed by atoms with Gasteiger partial charge >= 0.3 is 5.97 Å². The summed E-state index contributed by atoms with van der Waals surface area (Å²) in [6.45, 7) is 0. The lowest BCUT2D eigenvalue weighted by Gasteiger charge is -2.07. The SMILES string of the molecule is N=[S-](=O)OC(=O)c1cccc2ccccc12. The van der Waals surface area contributed by atoms with E-state index in [1.165, 1.54) is 0 Å². The monoisotopic (exact) mass is 234 g/mol. The minimum absolute atomic E-state index is 0.318. The third-order valence-corrected chi connectivity index (χ3v) is 2.46. The van der Waals surface area contributed by atoms with E-state index in [0.717, 1.165) is 10.8 Å². The molecule has 0 fully saturated rings. The highest BCUT2D eigenvalue weighted by Crippen LogP contribution is 2.19. The molecule has 0 bridgehead atoms. The third kappa shape index (κ3) is 2.04. The molecule has 0 radical (unpaired) electrons. The van der Waals surface area contributed by atoms with Crippen LogP contribution in [0.2, 0.25) is 0 Å². The fraction of sp³-hybridized carbons (Fsp3) is 0. The van der Waals surface area contributed by atoms with Crippen LogP contribution in [0.1, 0.15) is 10.4 Å². The number of hydrogen-bond donors (Lipinski definition) is 1. The van der Waals surface area contributed by atoms with Crippen molar-refractivity contribution < 1.29 is 13.2 Å². The molecular weight excluding hydrogens is 226 g/mol. The lowest BCUT2D eigenvalue weighted by molar-refractivity contribution is 0.0760. The highest BCUT2D eigenvalue weighted by Gasteiger charge is 2.08. The van der Waals surface area contributed by atoms with E-state index in [1.807, 2.05) is 18.2 Å². The molecule has 0 heterocycles. The topological polar surface area (TPSA) is 67.2 Å². The number of fused-ring (bicyclic) bond motifs is 1. The maximum Gasteiger partial charge on any atom is 0.322 e. The Labute approximate surface area is 94.1 Å². The number of carbonyl (C=O) groups excluding carboxylic acids is 1. The first-order chi connectivity index (χ1) is 7.68. The molecule has 0 saturated carbocycles. The van der Waals surface area contributed by atoms with Crippen LogP contribution in [-0.4, -0.2) is 5.97 Å². The Morgan fingerprint density at radius 3 is 2.56 bits per heavy atom. The van der Waals surface area contributed by atoms with E-state index < -0.39 is 16.8 Å². The summed E-state index contributed by atoms with van der Waals surface area (Å²) in [5, 5.41) is 1.62. The van der Waals surface area contributed by atoms with E-state index in [9.17, 15) is 9.00 Å². The Balaban J connectivity index is 2.56. The molecule has 16 heavy (non-hydrogen) atoms. The Morgan fingerprint density at radius 2 is 1.81 bits per heavy atom. The summed E-state index contributed by atoms with van der Waals surface area (Å²) in [4.78, 5) is 11.5. The van der Waals surface area contributed by atoms with Crippen LogP contribution < -0.4 is 0 Å². The summed E-state index contributed by atoms with van der Waals surface area (Å²) in [6, 6.07) is 12.5. The molecule has 0 aromatic heterocycles. The largest absolute Gasteiger partial charge is 0.516 e. The smallest absolute Gasteiger partial charge is 0.322 e. The summed E-state index contributed by atoms with van der Waals surface area (Å²) >= 11 is 0. The van der Waals surface area contributed by atoms with Crippen LogP contribution in [0.15, 0.2) is 42.5 Å². The van der Waals surface area contributed by atoms with Gasteiger partial charge in [-0.1, -0.05) is 36.4 Å². The van der Waals surface area contributed by atoms with Gasteiger partial charge in [0.25, 0.3) is 0 Å². The van der Waals surface area contributed by atoms with E-state index in [-0.39, 0.29) is 0 Å². The highest BCUT2D eigenvalue weighted by atomic mass is 32.2. The molecule has 0 aliphatic rings. The minimum atomic E-state index is -2.34. The zero-order valence-electron chi connectivity index (χ0n) is 8.17. The van der Waals surface area contributed by atoms with Gasteiger partial charge in [-0.3, -0.25) is 0 Å².